The normalized spacial score (nSPS) is 12.6. The molecular formula is C10H14BrClN2. The van der Waals surface area contributed by atoms with Crippen LogP contribution in [0, 0.1) is 0 Å². The molecule has 0 saturated heterocycles. The van der Waals surface area contributed by atoms with E-state index in [1.54, 1.807) is 6.20 Å². The molecule has 0 aromatic carbocycles. The van der Waals surface area contributed by atoms with Gasteiger partial charge in [-0.1, -0.05) is 24.9 Å². The van der Waals surface area contributed by atoms with Crippen molar-refractivity contribution >= 4 is 33.2 Å². The number of anilines is 1. The third-order valence-electron chi connectivity index (χ3n) is 1.93. The van der Waals surface area contributed by atoms with Gasteiger partial charge in [-0.2, -0.15) is 0 Å². The smallest absolute Gasteiger partial charge is 0.143 e. The predicted octanol–water partition coefficient (Wildman–Crippen LogP) is 4.10. The van der Waals surface area contributed by atoms with Crippen molar-refractivity contribution < 1.29 is 0 Å². The van der Waals surface area contributed by atoms with Crippen LogP contribution >= 0.6 is 27.5 Å². The van der Waals surface area contributed by atoms with Gasteiger partial charge >= 0.3 is 0 Å². The molecule has 1 rings (SSSR count). The molecule has 0 bridgehead atoms. The number of aromatic nitrogens is 1. The minimum Gasteiger partial charge on any atom is -0.381 e. The Hall–Kier alpha value is -0.280. The number of pyridine rings is 1. The van der Waals surface area contributed by atoms with Gasteiger partial charge in [0.2, 0.25) is 0 Å². The predicted molar refractivity (Wildman–Crippen MR) is 64.9 cm³/mol. The molecule has 1 aromatic heterocycles. The van der Waals surface area contributed by atoms with Gasteiger partial charge in [0, 0.05) is 6.04 Å². The third kappa shape index (κ3) is 3.46. The van der Waals surface area contributed by atoms with E-state index in [-0.39, 0.29) is 0 Å². The Kier molecular flexibility index (Phi) is 4.69. The summed E-state index contributed by atoms with van der Waals surface area (Å²) in [6.07, 6.45) is 4.08. The number of halogens is 2. The van der Waals surface area contributed by atoms with E-state index in [9.17, 15) is 0 Å². The van der Waals surface area contributed by atoms with Crippen molar-refractivity contribution in [2.75, 3.05) is 5.32 Å². The van der Waals surface area contributed by atoms with Crippen molar-refractivity contribution in [1.82, 2.24) is 4.98 Å². The summed E-state index contributed by atoms with van der Waals surface area (Å²) < 4.78 is 0.827. The molecule has 0 fully saturated rings. The van der Waals surface area contributed by atoms with Crippen LogP contribution < -0.4 is 5.32 Å². The molecular weight excluding hydrogens is 263 g/mol. The molecule has 0 aliphatic heterocycles. The first-order chi connectivity index (χ1) is 6.63. The van der Waals surface area contributed by atoms with Crippen LogP contribution in [0.4, 0.5) is 5.69 Å². The first kappa shape index (κ1) is 11.8. The van der Waals surface area contributed by atoms with Crippen LogP contribution in [0.25, 0.3) is 0 Å². The van der Waals surface area contributed by atoms with Gasteiger partial charge < -0.3 is 5.32 Å². The summed E-state index contributed by atoms with van der Waals surface area (Å²) in [5.74, 6) is 0. The fourth-order valence-electron chi connectivity index (χ4n) is 1.29. The van der Waals surface area contributed by atoms with Gasteiger partial charge in [-0.25, -0.2) is 4.98 Å². The Labute approximate surface area is 98.2 Å². The second-order valence-corrected chi connectivity index (χ2v) is 4.54. The van der Waals surface area contributed by atoms with Crippen molar-refractivity contribution in [1.29, 1.82) is 0 Å². The number of rotatable bonds is 4. The topological polar surface area (TPSA) is 24.9 Å². The molecule has 78 valence electrons. The Balaban J connectivity index is 2.63. The van der Waals surface area contributed by atoms with Gasteiger partial charge in [-0.3, -0.25) is 0 Å². The highest BCUT2D eigenvalue weighted by molar-refractivity contribution is 9.10. The largest absolute Gasteiger partial charge is 0.381 e. The Morgan fingerprint density at radius 3 is 2.93 bits per heavy atom. The quantitative estimate of drug-likeness (QED) is 0.838. The maximum Gasteiger partial charge on any atom is 0.143 e. The van der Waals surface area contributed by atoms with E-state index in [4.69, 9.17) is 11.6 Å². The van der Waals surface area contributed by atoms with Crippen LogP contribution in [0.5, 0.6) is 0 Å². The van der Waals surface area contributed by atoms with Crippen LogP contribution in [0.1, 0.15) is 26.7 Å². The average Bonchev–Trinajstić information content (AvgIpc) is 2.12. The van der Waals surface area contributed by atoms with E-state index in [1.807, 2.05) is 6.07 Å². The van der Waals surface area contributed by atoms with Gasteiger partial charge in [-0.15, -0.1) is 0 Å². The molecule has 4 heteroatoms. The van der Waals surface area contributed by atoms with E-state index in [2.05, 4.69) is 40.1 Å². The number of hydrogen-bond donors (Lipinski definition) is 1. The number of hydrogen-bond acceptors (Lipinski definition) is 2. The molecule has 1 atom stereocenters. The maximum atomic E-state index is 5.79. The molecule has 0 radical (unpaired) electrons. The highest BCUT2D eigenvalue weighted by atomic mass is 79.9. The molecule has 1 heterocycles. The Bertz CT molecular complexity index is 304. The fourth-order valence-corrected chi connectivity index (χ4v) is 1.74. The summed E-state index contributed by atoms with van der Waals surface area (Å²) in [7, 11) is 0. The average molecular weight is 278 g/mol. The van der Waals surface area contributed by atoms with Crippen molar-refractivity contribution in [2.24, 2.45) is 0 Å². The summed E-state index contributed by atoms with van der Waals surface area (Å²) >= 11 is 9.13. The van der Waals surface area contributed by atoms with Crippen LogP contribution in [0.3, 0.4) is 0 Å². The van der Waals surface area contributed by atoms with Gasteiger partial charge in [0.25, 0.3) is 0 Å². The zero-order valence-electron chi connectivity index (χ0n) is 8.35. The molecule has 2 nitrogen and oxygen atoms in total. The lowest BCUT2D eigenvalue weighted by atomic mass is 10.2. The van der Waals surface area contributed by atoms with Crippen LogP contribution in [0.15, 0.2) is 16.7 Å². The lowest BCUT2D eigenvalue weighted by Gasteiger charge is -2.14. The highest BCUT2D eigenvalue weighted by Gasteiger charge is 2.03. The molecule has 1 aromatic rings. The summed E-state index contributed by atoms with van der Waals surface area (Å²) in [6, 6.07) is 2.41. The molecule has 0 aliphatic carbocycles. The zero-order valence-corrected chi connectivity index (χ0v) is 10.7. The molecule has 0 saturated carbocycles. The Morgan fingerprint density at radius 2 is 2.36 bits per heavy atom. The fraction of sp³-hybridized carbons (Fsp3) is 0.500. The monoisotopic (exact) mass is 276 g/mol. The molecule has 1 N–H and O–H groups in total. The lowest BCUT2D eigenvalue weighted by Crippen LogP contribution is -2.14. The van der Waals surface area contributed by atoms with E-state index in [0.717, 1.165) is 16.6 Å². The molecule has 1 unspecified atom stereocenters. The minimum atomic E-state index is 0.467. The van der Waals surface area contributed by atoms with E-state index < -0.39 is 0 Å². The minimum absolute atomic E-state index is 0.467. The third-order valence-corrected chi connectivity index (χ3v) is 3.06. The molecule has 0 spiro atoms. The Morgan fingerprint density at radius 1 is 1.64 bits per heavy atom. The van der Waals surface area contributed by atoms with Gasteiger partial charge in [0.15, 0.2) is 0 Å². The first-order valence-electron chi connectivity index (χ1n) is 4.71. The second-order valence-electron chi connectivity index (χ2n) is 3.33. The zero-order chi connectivity index (χ0) is 10.6. The maximum absolute atomic E-state index is 5.79. The SMILES string of the molecule is CCCC(C)Nc1cnc(Cl)c(Br)c1. The first-order valence-corrected chi connectivity index (χ1v) is 5.88. The van der Waals surface area contributed by atoms with Crippen molar-refractivity contribution in [2.45, 2.75) is 32.7 Å². The van der Waals surface area contributed by atoms with Crippen LogP contribution in [0.2, 0.25) is 5.15 Å². The van der Waals surface area contributed by atoms with Gasteiger partial charge in [-0.05, 0) is 35.3 Å². The summed E-state index contributed by atoms with van der Waals surface area (Å²) in [4.78, 5) is 4.05. The number of nitrogens with zero attached hydrogens (tertiary/aromatic N) is 1. The van der Waals surface area contributed by atoms with Crippen molar-refractivity contribution in [3.8, 4) is 0 Å². The lowest BCUT2D eigenvalue weighted by molar-refractivity contribution is 0.690. The van der Waals surface area contributed by atoms with Crippen molar-refractivity contribution in [3.05, 3.63) is 21.9 Å². The summed E-state index contributed by atoms with van der Waals surface area (Å²) in [6.45, 7) is 4.33. The van der Waals surface area contributed by atoms with Gasteiger partial charge in [0.1, 0.15) is 5.15 Å². The van der Waals surface area contributed by atoms with Crippen LogP contribution in [-0.4, -0.2) is 11.0 Å². The summed E-state index contributed by atoms with van der Waals surface area (Å²) in [5.41, 5.74) is 1.00. The molecule has 14 heavy (non-hydrogen) atoms. The molecule has 0 amide bonds. The standard InChI is InChI=1S/C10H14BrClN2/c1-3-4-7(2)14-8-5-9(11)10(12)13-6-8/h5-7,14H,3-4H2,1-2H3. The van der Waals surface area contributed by atoms with Gasteiger partial charge in [0.05, 0.1) is 16.4 Å². The van der Waals surface area contributed by atoms with Crippen LogP contribution in [-0.2, 0) is 0 Å². The second kappa shape index (κ2) is 5.56. The molecule has 0 aliphatic rings. The van der Waals surface area contributed by atoms with E-state index >= 15 is 0 Å². The van der Waals surface area contributed by atoms with Crippen molar-refractivity contribution in [3.63, 3.8) is 0 Å². The van der Waals surface area contributed by atoms with E-state index in [0.29, 0.717) is 11.2 Å². The van der Waals surface area contributed by atoms with E-state index in [1.165, 1.54) is 6.42 Å². The highest BCUT2D eigenvalue weighted by Crippen LogP contribution is 2.23. The number of nitrogens with one attached hydrogen (secondary N) is 1. The summed E-state index contributed by atoms with van der Waals surface area (Å²) in [5, 5.41) is 3.86.